The van der Waals surface area contributed by atoms with Crippen LogP contribution in [0.2, 0.25) is 0 Å². The smallest absolute Gasteiger partial charge is 0.137 e. The summed E-state index contributed by atoms with van der Waals surface area (Å²) < 4.78 is 0. The summed E-state index contributed by atoms with van der Waals surface area (Å²) in [6, 6.07) is 3.80. The van der Waals surface area contributed by atoms with Gasteiger partial charge in [0, 0.05) is 11.8 Å². The molecule has 0 saturated carbocycles. The van der Waals surface area contributed by atoms with Crippen molar-refractivity contribution in [3.8, 4) is 0 Å². The maximum Gasteiger partial charge on any atom is 0.137 e. The van der Waals surface area contributed by atoms with Gasteiger partial charge < -0.3 is 5.32 Å². The molecule has 1 rings (SSSR count). The van der Waals surface area contributed by atoms with E-state index in [1.54, 1.807) is 18.5 Å². The summed E-state index contributed by atoms with van der Waals surface area (Å²) in [4.78, 5) is 4.09. The molecule has 0 amide bonds. The van der Waals surface area contributed by atoms with Crippen LogP contribution >= 0.6 is 0 Å². The van der Waals surface area contributed by atoms with Crippen molar-refractivity contribution in [2.75, 3.05) is 5.32 Å². The third kappa shape index (κ3) is 1.67. The van der Waals surface area contributed by atoms with Crippen LogP contribution in [-0.4, -0.2) is 4.98 Å². The molecule has 2 heteroatoms. The van der Waals surface area contributed by atoms with Crippen LogP contribution in [0.15, 0.2) is 37.7 Å². The van der Waals surface area contributed by atoms with E-state index in [4.69, 9.17) is 0 Å². The first-order chi connectivity index (χ1) is 5.38. The van der Waals surface area contributed by atoms with Gasteiger partial charge in [-0.15, -0.1) is 0 Å². The fourth-order valence-electron chi connectivity index (χ4n) is 0.800. The zero-order valence-corrected chi connectivity index (χ0v) is 6.25. The van der Waals surface area contributed by atoms with Gasteiger partial charge in [0.15, 0.2) is 0 Å². The van der Waals surface area contributed by atoms with Crippen molar-refractivity contribution >= 4 is 11.9 Å². The molecule has 0 aromatic carbocycles. The molecule has 0 aliphatic heterocycles. The Labute approximate surface area is 66.3 Å². The quantitative estimate of drug-likeness (QED) is 0.707. The van der Waals surface area contributed by atoms with E-state index >= 15 is 0 Å². The van der Waals surface area contributed by atoms with E-state index in [9.17, 15) is 0 Å². The largest absolute Gasteiger partial charge is 0.347 e. The number of nitrogens with zero attached hydrogens (tertiary/aromatic N) is 1. The molecule has 1 N–H and O–H groups in total. The molecule has 0 atom stereocenters. The summed E-state index contributed by atoms with van der Waals surface area (Å²) in [5.41, 5.74) is 0.979. The summed E-state index contributed by atoms with van der Waals surface area (Å²) in [7, 11) is 0. The van der Waals surface area contributed by atoms with Gasteiger partial charge in [0.25, 0.3) is 0 Å². The second kappa shape index (κ2) is 3.56. The molecule has 0 aliphatic rings. The van der Waals surface area contributed by atoms with Gasteiger partial charge in [0.1, 0.15) is 5.82 Å². The van der Waals surface area contributed by atoms with Gasteiger partial charge >= 0.3 is 0 Å². The maximum absolute atomic E-state index is 4.09. The van der Waals surface area contributed by atoms with Gasteiger partial charge in [-0.3, -0.25) is 0 Å². The van der Waals surface area contributed by atoms with Crippen LogP contribution in [0.25, 0.3) is 6.08 Å². The fourth-order valence-corrected chi connectivity index (χ4v) is 0.800. The van der Waals surface area contributed by atoms with Crippen LogP contribution in [0, 0.1) is 0 Å². The van der Waals surface area contributed by atoms with E-state index < -0.39 is 0 Å². The average Bonchev–Trinajstić information content (AvgIpc) is 2.06. The lowest BCUT2D eigenvalue weighted by molar-refractivity contribution is 1.30. The number of hydrogen-bond acceptors (Lipinski definition) is 2. The van der Waals surface area contributed by atoms with Crippen LogP contribution in [-0.2, 0) is 0 Å². The molecule has 2 nitrogen and oxygen atoms in total. The minimum atomic E-state index is 0.789. The predicted octanol–water partition coefficient (Wildman–Crippen LogP) is 2.28. The van der Waals surface area contributed by atoms with Crippen molar-refractivity contribution in [1.29, 1.82) is 0 Å². The van der Waals surface area contributed by atoms with E-state index in [0.717, 1.165) is 11.4 Å². The zero-order valence-electron chi connectivity index (χ0n) is 6.25. The zero-order chi connectivity index (χ0) is 8.10. The Morgan fingerprint density at radius 1 is 1.45 bits per heavy atom. The highest BCUT2D eigenvalue weighted by Gasteiger charge is 1.94. The molecule has 0 spiro atoms. The molecule has 1 aromatic rings. The number of rotatable bonds is 3. The first kappa shape index (κ1) is 7.54. The lowest BCUT2D eigenvalue weighted by Gasteiger charge is -2.01. The molecule has 1 aromatic heterocycles. The Hall–Kier alpha value is -1.57. The predicted molar refractivity (Wildman–Crippen MR) is 48.1 cm³/mol. The van der Waals surface area contributed by atoms with E-state index in [2.05, 4.69) is 23.5 Å². The third-order valence-electron chi connectivity index (χ3n) is 1.30. The number of aromatic nitrogens is 1. The Kier molecular flexibility index (Phi) is 2.44. The summed E-state index contributed by atoms with van der Waals surface area (Å²) in [5, 5.41) is 2.91. The van der Waals surface area contributed by atoms with Gasteiger partial charge in [0.05, 0.1) is 0 Å². The Balaban J connectivity index is 3.01. The Morgan fingerprint density at radius 3 is 2.91 bits per heavy atom. The third-order valence-corrected chi connectivity index (χ3v) is 1.30. The second-order valence-corrected chi connectivity index (χ2v) is 1.99. The SMILES string of the molecule is C=CNc1ncccc1C=C. The van der Waals surface area contributed by atoms with Crippen LogP contribution in [0.3, 0.4) is 0 Å². The van der Waals surface area contributed by atoms with Crippen LogP contribution in [0.1, 0.15) is 5.56 Å². The molecular formula is C9H10N2. The van der Waals surface area contributed by atoms with Crippen LogP contribution in [0.5, 0.6) is 0 Å². The first-order valence-electron chi connectivity index (χ1n) is 3.33. The molecule has 0 radical (unpaired) electrons. The van der Waals surface area contributed by atoms with E-state index in [-0.39, 0.29) is 0 Å². The van der Waals surface area contributed by atoms with Crippen LogP contribution in [0.4, 0.5) is 5.82 Å². The molecule has 0 saturated heterocycles. The average molecular weight is 146 g/mol. The van der Waals surface area contributed by atoms with E-state index in [1.807, 2.05) is 12.1 Å². The van der Waals surface area contributed by atoms with Crippen molar-refractivity contribution < 1.29 is 0 Å². The number of pyridine rings is 1. The summed E-state index contributed by atoms with van der Waals surface area (Å²) in [6.45, 7) is 7.21. The molecule has 0 aliphatic carbocycles. The van der Waals surface area contributed by atoms with E-state index in [1.165, 1.54) is 0 Å². The number of anilines is 1. The molecule has 0 bridgehead atoms. The Bertz CT molecular complexity index is 266. The highest BCUT2D eigenvalue weighted by atomic mass is 15.0. The highest BCUT2D eigenvalue weighted by Crippen LogP contribution is 2.11. The molecule has 0 fully saturated rings. The fraction of sp³-hybridized carbons (Fsp3) is 0. The van der Waals surface area contributed by atoms with E-state index in [0.29, 0.717) is 0 Å². The standard InChI is InChI=1S/C9H10N2/c1-3-8-6-5-7-11-9(8)10-4-2/h3-7H,1-2H2,(H,10,11). The molecule has 56 valence electrons. The highest BCUT2D eigenvalue weighted by molar-refractivity contribution is 5.62. The minimum absolute atomic E-state index is 0.789. The van der Waals surface area contributed by atoms with Gasteiger partial charge in [-0.1, -0.05) is 19.2 Å². The van der Waals surface area contributed by atoms with Crippen molar-refractivity contribution in [2.24, 2.45) is 0 Å². The Morgan fingerprint density at radius 2 is 2.27 bits per heavy atom. The molecule has 0 unspecified atom stereocenters. The van der Waals surface area contributed by atoms with Gasteiger partial charge in [0.2, 0.25) is 0 Å². The van der Waals surface area contributed by atoms with Crippen LogP contribution < -0.4 is 5.32 Å². The summed E-state index contributed by atoms with van der Waals surface area (Å²) in [5.74, 6) is 0.789. The van der Waals surface area contributed by atoms with Gasteiger partial charge in [-0.05, 0) is 18.3 Å². The first-order valence-corrected chi connectivity index (χ1v) is 3.33. The molecule has 1 heterocycles. The number of hydrogen-bond donors (Lipinski definition) is 1. The normalized spacial score (nSPS) is 8.73. The topological polar surface area (TPSA) is 24.9 Å². The number of nitrogens with one attached hydrogen (secondary N) is 1. The minimum Gasteiger partial charge on any atom is -0.347 e. The van der Waals surface area contributed by atoms with Gasteiger partial charge in [-0.2, -0.15) is 0 Å². The van der Waals surface area contributed by atoms with Crippen molar-refractivity contribution in [3.05, 3.63) is 43.3 Å². The monoisotopic (exact) mass is 146 g/mol. The second-order valence-electron chi connectivity index (χ2n) is 1.99. The maximum atomic E-state index is 4.09. The van der Waals surface area contributed by atoms with Crippen molar-refractivity contribution in [1.82, 2.24) is 4.98 Å². The lowest BCUT2D eigenvalue weighted by atomic mass is 10.2. The molecular weight excluding hydrogens is 136 g/mol. The summed E-state index contributed by atoms with van der Waals surface area (Å²) >= 11 is 0. The van der Waals surface area contributed by atoms with Crippen molar-refractivity contribution in [3.63, 3.8) is 0 Å². The summed E-state index contributed by atoms with van der Waals surface area (Å²) in [6.07, 6.45) is 5.06. The molecule has 11 heavy (non-hydrogen) atoms. The van der Waals surface area contributed by atoms with Gasteiger partial charge in [-0.25, -0.2) is 4.98 Å². The van der Waals surface area contributed by atoms with Crippen molar-refractivity contribution in [2.45, 2.75) is 0 Å². The lowest BCUT2D eigenvalue weighted by Crippen LogP contribution is -1.92.